The Balaban J connectivity index is 1.72. The third-order valence-electron chi connectivity index (χ3n) is 4.54. The Hall–Kier alpha value is -3.71. The molecule has 4 aromatic rings. The molecule has 1 heterocycles. The number of hydrogen-bond donors (Lipinski definition) is 1. The van der Waals surface area contributed by atoms with Gasteiger partial charge in [-0.3, -0.25) is 15.1 Å². The van der Waals surface area contributed by atoms with Crippen LogP contribution in [0.25, 0.3) is 22.6 Å². The van der Waals surface area contributed by atoms with Gasteiger partial charge in [0.2, 0.25) is 11.6 Å². The van der Waals surface area contributed by atoms with Crippen molar-refractivity contribution in [3.8, 4) is 17.2 Å². The van der Waals surface area contributed by atoms with E-state index in [4.69, 9.17) is 16.0 Å². The normalized spacial score (nSPS) is 11.4. The van der Waals surface area contributed by atoms with Crippen molar-refractivity contribution in [3.63, 3.8) is 0 Å². The van der Waals surface area contributed by atoms with Crippen molar-refractivity contribution in [2.75, 3.05) is 0 Å². The smallest absolute Gasteiger partial charge is 0.311 e. The number of nitro groups is 1. The molecule has 0 bridgehead atoms. The molecule has 1 aromatic heterocycles. The van der Waals surface area contributed by atoms with Gasteiger partial charge in [-0.05, 0) is 61.4 Å². The molecule has 7 nitrogen and oxygen atoms in total. The van der Waals surface area contributed by atoms with Gasteiger partial charge in [-0.2, -0.15) is 0 Å². The first kappa shape index (κ1) is 19.6. The van der Waals surface area contributed by atoms with Crippen LogP contribution in [0.5, 0.6) is 5.75 Å². The number of aliphatic imine (C=N–C) groups is 1. The number of nitrogens with zero attached hydrogens (tertiary/aromatic N) is 3. The minimum atomic E-state index is -0.630. The number of nitro benzene ring substituents is 1. The van der Waals surface area contributed by atoms with E-state index in [2.05, 4.69) is 9.98 Å². The second kappa shape index (κ2) is 7.61. The predicted molar refractivity (Wildman–Crippen MR) is 116 cm³/mol. The van der Waals surface area contributed by atoms with E-state index in [0.717, 1.165) is 11.1 Å². The Morgan fingerprint density at radius 2 is 1.93 bits per heavy atom. The molecule has 0 aliphatic heterocycles. The average Bonchev–Trinajstić information content (AvgIpc) is 3.12. The molecular weight excluding hydrogens is 406 g/mol. The Morgan fingerprint density at radius 3 is 2.70 bits per heavy atom. The Labute approximate surface area is 176 Å². The molecule has 0 unspecified atom stereocenters. The first-order valence-corrected chi connectivity index (χ1v) is 9.39. The molecule has 0 aliphatic rings. The highest BCUT2D eigenvalue weighted by atomic mass is 35.5. The molecule has 0 spiro atoms. The zero-order valence-corrected chi connectivity index (χ0v) is 16.8. The zero-order chi connectivity index (χ0) is 21.4. The van der Waals surface area contributed by atoms with Crippen molar-refractivity contribution in [1.82, 2.24) is 4.98 Å². The number of aromatic hydroxyl groups is 1. The van der Waals surface area contributed by atoms with Gasteiger partial charge in [-0.15, -0.1) is 0 Å². The summed E-state index contributed by atoms with van der Waals surface area (Å²) in [5, 5.41) is 21.7. The SMILES string of the molecule is Cc1cc(C=Nc2ccc(Cl)c(-c3nc4ccc(C)cc4o3)c2)c(O)c([N+](=O)[O-])c1. The van der Waals surface area contributed by atoms with Crippen LogP contribution in [0, 0.1) is 24.0 Å². The summed E-state index contributed by atoms with van der Waals surface area (Å²) in [5.74, 6) is -0.0652. The number of phenols is 1. The van der Waals surface area contributed by atoms with Crippen LogP contribution < -0.4 is 0 Å². The number of hydrogen-bond acceptors (Lipinski definition) is 6. The summed E-state index contributed by atoms with van der Waals surface area (Å²) in [6, 6.07) is 13.7. The van der Waals surface area contributed by atoms with Crippen LogP contribution in [0.1, 0.15) is 16.7 Å². The molecular formula is C22H16ClN3O4. The lowest BCUT2D eigenvalue weighted by Crippen LogP contribution is -1.93. The van der Waals surface area contributed by atoms with Crippen LogP contribution in [-0.2, 0) is 0 Å². The fraction of sp³-hybridized carbons (Fsp3) is 0.0909. The first-order chi connectivity index (χ1) is 14.3. The molecule has 0 atom stereocenters. The monoisotopic (exact) mass is 421 g/mol. The molecule has 30 heavy (non-hydrogen) atoms. The van der Waals surface area contributed by atoms with E-state index in [-0.39, 0.29) is 11.3 Å². The molecule has 0 radical (unpaired) electrons. The summed E-state index contributed by atoms with van der Waals surface area (Å²) in [4.78, 5) is 19.3. The second-order valence-electron chi connectivity index (χ2n) is 6.89. The number of fused-ring (bicyclic) bond motifs is 1. The van der Waals surface area contributed by atoms with Gasteiger partial charge in [0, 0.05) is 17.8 Å². The van der Waals surface area contributed by atoms with Crippen molar-refractivity contribution in [2.45, 2.75) is 13.8 Å². The van der Waals surface area contributed by atoms with E-state index in [0.29, 0.717) is 33.3 Å². The van der Waals surface area contributed by atoms with Crippen molar-refractivity contribution >= 4 is 40.3 Å². The van der Waals surface area contributed by atoms with Crippen LogP contribution in [0.3, 0.4) is 0 Å². The van der Waals surface area contributed by atoms with Crippen LogP contribution in [0.4, 0.5) is 11.4 Å². The molecule has 3 aromatic carbocycles. The highest BCUT2D eigenvalue weighted by Crippen LogP contribution is 2.34. The van der Waals surface area contributed by atoms with Crippen molar-refractivity contribution in [1.29, 1.82) is 0 Å². The molecule has 4 rings (SSSR count). The van der Waals surface area contributed by atoms with Gasteiger partial charge < -0.3 is 9.52 Å². The van der Waals surface area contributed by atoms with Crippen molar-refractivity contribution < 1.29 is 14.4 Å². The minimum Gasteiger partial charge on any atom is -0.502 e. The topological polar surface area (TPSA) is 102 Å². The summed E-state index contributed by atoms with van der Waals surface area (Å²) in [6.45, 7) is 3.67. The van der Waals surface area contributed by atoms with E-state index in [9.17, 15) is 15.2 Å². The van der Waals surface area contributed by atoms with Gasteiger partial charge in [0.05, 0.1) is 21.2 Å². The van der Waals surface area contributed by atoms with E-state index < -0.39 is 10.7 Å². The van der Waals surface area contributed by atoms with Crippen LogP contribution in [-0.4, -0.2) is 21.2 Å². The molecule has 0 saturated carbocycles. The Bertz CT molecular complexity index is 1330. The van der Waals surface area contributed by atoms with Gasteiger partial charge in [0.25, 0.3) is 0 Å². The molecule has 0 fully saturated rings. The predicted octanol–water partition coefficient (Wildman–Crippen LogP) is 6.13. The fourth-order valence-electron chi connectivity index (χ4n) is 3.07. The lowest BCUT2D eigenvalue weighted by molar-refractivity contribution is -0.385. The maximum absolute atomic E-state index is 11.1. The van der Waals surface area contributed by atoms with E-state index in [1.165, 1.54) is 12.3 Å². The number of oxazole rings is 1. The molecule has 0 amide bonds. The number of halogens is 1. The summed E-state index contributed by atoms with van der Waals surface area (Å²) >= 11 is 6.34. The fourth-order valence-corrected chi connectivity index (χ4v) is 3.27. The van der Waals surface area contributed by atoms with Crippen molar-refractivity contribution in [3.05, 3.63) is 80.4 Å². The lowest BCUT2D eigenvalue weighted by Gasteiger charge is -2.04. The summed E-state index contributed by atoms with van der Waals surface area (Å²) in [6.07, 6.45) is 1.37. The number of phenolic OH excluding ortho intramolecular Hbond substituents is 1. The number of rotatable bonds is 4. The highest BCUT2D eigenvalue weighted by Gasteiger charge is 2.17. The van der Waals surface area contributed by atoms with Crippen LogP contribution in [0.15, 0.2) is 57.9 Å². The third-order valence-corrected chi connectivity index (χ3v) is 4.87. The average molecular weight is 422 g/mol. The van der Waals surface area contributed by atoms with Crippen LogP contribution in [0.2, 0.25) is 5.02 Å². The van der Waals surface area contributed by atoms with Crippen molar-refractivity contribution in [2.24, 2.45) is 4.99 Å². The van der Waals surface area contributed by atoms with Gasteiger partial charge in [-0.25, -0.2) is 4.98 Å². The molecule has 0 saturated heterocycles. The van der Waals surface area contributed by atoms with Gasteiger partial charge in [-0.1, -0.05) is 17.7 Å². The molecule has 150 valence electrons. The molecule has 0 aliphatic carbocycles. The lowest BCUT2D eigenvalue weighted by atomic mass is 10.1. The number of benzene rings is 3. The summed E-state index contributed by atoms with van der Waals surface area (Å²) in [7, 11) is 0. The first-order valence-electron chi connectivity index (χ1n) is 9.01. The maximum Gasteiger partial charge on any atom is 0.311 e. The Morgan fingerprint density at radius 1 is 1.13 bits per heavy atom. The highest BCUT2D eigenvalue weighted by molar-refractivity contribution is 6.33. The molecule has 8 heteroatoms. The quantitative estimate of drug-likeness (QED) is 0.242. The standard InChI is InChI=1S/C22H16ClN3O4/c1-12-3-6-18-20(9-12)30-22(25-18)16-10-15(4-5-17(16)23)24-11-14-7-13(2)8-19(21(14)27)26(28)29/h3-11,27H,1-2H3. The van der Waals surface area contributed by atoms with Crippen LogP contribution >= 0.6 is 11.6 Å². The summed E-state index contributed by atoms with van der Waals surface area (Å²) < 4.78 is 5.85. The molecule has 1 N–H and O–H groups in total. The second-order valence-corrected chi connectivity index (χ2v) is 7.30. The largest absolute Gasteiger partial charge is 0.502 e. The van der Waals surface area contributed by atoms with E-state index in [1.807, 2.05) is 25.1 Å². The zero-order valence-electron chi connectivity index (χ0n) is 16.1. The van der Waals surface area contributed by atoms with Gasteiger partial charge >= 0.3 is 5.69 Å². The number of aryl methyl sites for hydroxylation is 2. The maximum atomic E-state index is 11.1. The third kappa shape index (κ3) is 3.75. The number of aromatic nitrogens is 1. The minimum absolute atomic E-state index is 0.246. The van der Waals surface area contributed by atoms with E-state index in [1.54, 1.807) is 31.2 Å². The Kier molecular flexibility index (Phi) is 4.97. The van der Waals surface area contributed by atoms with Gasteiger partial charge in [0.1, 0.15) is 5.52 Å². The van der Waals surface area contributed by atoms with Gasteiger partial charge in [0.15, 0.2) is 5.58 Å². The van der Waals surface area contributed by atoms with E-state index >= 15 is 0 Å². The summed E-state index contributed by atoms with van der Waals surface area (Å²) in [5.41, 5.74) is 4.05.